The van der Waals surface area contributed by atoms with Crippen molar-refractivity contribution in [2.24, 2.45) is 0 Å². The third-order valence-corrected chi connectivity index (χ3v) is 3.77. The molecule has 1 aromatic rings. The van der Waals surface area contributed by atoms with Crippen LogP contribution in [0.4, 0.5) is 5.82 Å². The fraction of sp³-hybridized carbons (Fsp3) is 0.688. The molecule has 0 saturated carbocycles. The molecule has 0 spiro atoms. The van der Waals surface area contributed by atoms with Gasteiger partial charge in [0.2, 0.25) is 0 Å². The van der Waals surface area contributed by atoms with E-state index >= 15 is 0 Å². The van der Waals surface area contributed by atoms with Gasteiger partial charge < -0.3 is 15.2 Å². The number of hydrogen-bond donors (Lipinski definition) is 2. The van der Waals surface area contributed by atoms with E-state index in [0.717, 1.165) is 51.3 Å². The molecule has 5 heteroatoms. The normalized spacial score (nSPS) is 17.0. The number of aromatic nitrogens is 1. The van der Waals surface area contributed by atoms with Gasteiger partial charge >= 0.3 is 0 Å². The highest BCUT2D eigenvalue weighted by atomic mass is 16.5. The predicted molar refractivity (Wildman–Crippen MR) is 84.4 cm³/mol. The summed E-state index contributed by atoms with van der Waals surface area (Å²) in [6, 6.07) is 4.23. The third kappa shape index (κ3) is 5.61. The Morgan fingerprint density at radius 1 is 1.43 bits per heavy atom. The average Bonchev–Trinajstić information content (AvgIpc) is 2.53. The van der Waals surface area contributed by atoms with Crippen LogP contribution >= 0.6 is 0 Å². The number of pyridine rings is 1. The first-order valence-electron chi connectivity index (χ1n) is 7.95. The van der Waals surface area contributed by atoms with Crippen molar-refractivity contribution in [2.45, 2.75) is 38.8 Å². The van der Waals surface area contributed by atoms with Crippen LogP contribution in [0.5, 0.6) is 0 Å². The fourth-order valence-corrected chi connectivity index (χ4v) is 2.63. The first-order chi connectivity index (χ1) is 10.3. The number of hydrogen-bond acceptors (Lipinski definition) is 5. The van der Waals surface area contributed by atoms with E-state index in [1.165, 1.54) is 5.56 Å². The smallest absolute Gasteiger partial charge is 0.126 e. The van der Waals surface area contributed by atoms with Crippen molar-refractivity contribution in [2.75, 3.05) is 38.2 Å². The van der Waals surface area contributed by atoms with Crippen LogP contribution in [-0.2, 0) is 11.3 Å². The first-order valence-corrected chi connectivity index (χ1v) is 7.95. The number of likely N-dealkylation sites (tertiary alicyclic amines) is 1. The summed E-state index contributed by atoms with van der Waals surface area (Å²) in [5, 5.41) is 12.1. The number of nitrogens with one attached hydrogen (secondary N) is 1. The van der Waals surface area contributed by atoms with E-state index in [2.05, 4.69) is 34.3 Å². The van der Waals surface area contributed by atoms with E-state index in [4.69, 9.17) is 9.84 Å². The zero-order chi connectivity index (χ0) is 14.9. The monoisotopic (exact) mass is 293 g/mol. The molecule has 0 unspecified atom stereocenters. The van der Waals surface area contributed by atoms with Gasteiger partial charge in [-0.15, -0.1) is 0 Å². The largest absolute Gasteiger partial charge is 0.394 e. The van der Waals surface area contributed by atoms with Crippen LogP contribution in [0.1, 0.15) is 31.7 Å². The summed E-state index contributed by atoms with van der Waals surface area (Å²) < 4.78 is 5.60. The Morgan fingerprint density at radius 3 is 2.95 bits per heavy atom. The molecule has 0 amide bonds. The highest BCUT2D eigenvalue weighted by Crippen LogP contribution is 2.17. The van der Waals surface area contributed by atoms with Crippen LogP contribution in [0.2, 0.25) is 0 Å². The van der Waals surface area contributed by atoms with Gasteiger partial charge in [-0.1, -0.05) is 6.92 Å². The molecule has 21 heavy (non-hydrogen) atoms. The molecule has 0 aromatic carbocycles. The molecule has 2 N–H and O–H groups in total. The summed E-state index contributed by atoms with van der Waals surface area (Å²) >= 11 is 0. The van der Waals surface area contributed by atoms with E-state index in [0.29, 0.717) is 12.7 Å². The number of piperidine rings is 1. The van der Waals surface area contributed by atoms with Crippen LogP contribution in [0, 0.1) is 0 Å². The number of rotatable bonds is 8. The quantitative estimate of drug-likeness (QED) is 0.766. The Kier molecular flexibility index (Phi) is 6.92. The second kappa shape index (κ2) is 8.97. The molecule has 118 valence electrons. The predicted octanol–water partition coefficient (Wildman–Crippen LogP) is 1.88. The molecule has 1 aromatic heterocycles. The van der Waals surface area contributed by atoms with Gasteiger partial charge in [0.25, 0.3) is 0 Å². The fourth-order valence-electron chi connectivity index (χ4n) is 2.63. The molecule has 1 saturated heterocycles. The van der Waals surface area contributed by atoms with E-state index in [9.17, 15) is 0 Å². The van der Waals surface area contributed by atoms with Crippen molar-refractivity contribution in [3.63, 3.8) is 0 Å². The van der Waals surface area contributed by atoms with E-state index in [-0.39, 0.29) is 6.61 Å². The Bertz CT molecular complexity index is 406. The minimum Gasteiger partial charge on any atom is -0.394 e. The van der Waals surface area contributed by atoms with Crippen molar-refractivity contribution >= 4 is 5.82 Å². The zero-order valence-electron chi connectivity index (χ0n) is 12.9. The molecule has 1 fully saturated rings. The molecule has 0 aliphatic carbocycles. The number of anilines is 1. The SMILES string of the molecule is CCCNc1cc(CN2CCC(OCCO)CC2)ccn1. The van der Waals surface area contributed by atoms with Gasteiger partial charge in [-0.2, -0.15) is 0 Å². The summed E-state index contributed by atoms with van der Waals surface area (Å²) in [6.07, 6.45) is 5.39. The lowest BCUT2D eigenvalue weighted by atomic mass is 10.1. The van der Waals surface area contributed by atoms with Crippen molar-refractivity contribution in [1.82, 2.24) is 9.88 Å². The van der Waals surface area contributed by atoms with Gasteiger partial charge in [-0.25, -0.2) is 4.98 Å². The maximum atomic E-state index is 8.78. The molecule has 0 radical (unpaired) electrons. The molecule has 0 bridgehead atoms. The summed E-state index contributed by atoms with van der Waals surface area (Å²) in [6.45, 7) is 6.76. The lowest BCUT2D eigenvalue weighted by Gasteiger charge is -2.31. The topological polar surface area (TPSA) is 57.6 Å². The van der Waals surface area contributed by atoms with Gasteiger partial charge in [0, 0.05) is 32.4 Å². The maximum absolute atomic E-state index is 8.78. The average molecular weight is 293 g/mol. The van der Waals surface area contributed by atoms with Crippen molar-refractivity contribution in [1.29, 1.82) is 0 Å². The van der Waals surface area contributed by atoms with Crippen LogP contribution < -0.4 is 5.32 Å². The van der Waals surface area contributed by atoms with E-state index < -0.39 is 0 Å². The lowest BCUT2D eigenvalue weighted by Crippen LogP contribution is -2.36. The lowest BCUT2D eigenvalue weighted by molar-refractivity contribution is -0.00901. The van der Waals surface area contributed by atoms with Gasteiger partial charge in [-0.05, 0) is 37.0 Å². The van der Waals surface area contributed by atoms with Crippen molar-refractivity contribution < 1.29 is 9.84 Å². The van der Waals surface area contributed by atoms with Gasteiger partial charge in [0.15, 0.2) is 0 Å². The number of ether oxygens (including phenoxy) is 1. The summed E-state index contributed by atoms with van der Waals surface area (Å²) in [5.74, 6) is 0.968. The second-order valence-electron chi connectivity index (χ2n) is 5.55. The molecule has 0 atom stereocenters. The number of aliphatic hydroxyl groups excluding tert-OH is 1. The van der Waals surface area contributed by atoms with Crippen molar-refractivity contribution in [3.8, 4) is 0 Å². The zero-order valence-corrected chi connectivity index (χ0v) is 12.9. The molecule has 1 aliphatic rings. The molecule has 1 aliphatic heterocycles. The van der Waals surface area contributed by atoms with E-state index in [1.54, 1.807) is 0 Å². The van der Waals surface area contributed by atoms with Crippen molar-refractivity contribution in [3.05, 3.63) is 23.9 Å². The minimum absolute atomic E-state index is 0.116. The summed E-state index contributed by atoms with van der Waals surface area (Å²) in [7, 11) is 0. The minimum atomic E-state index is 0.116. The van der Waals surface area contributed by atoms with Gasteiger partial charge in [0.05, 0.1) is 19.3 Å². The summed E-state index contributed by atoms with van der Waals surface area (Å²) in [4.78, 5) is 6.80. The Hall–Kier alpha value is -1.17. The van der Waals surface area contributed by atoms with Crippen LogP contribution in [0.15, 0.2) is 18.3 Å². The molecule has 2 heterocycles. The molecular formula is C16H27N3O2. The van der Waals surface area contributed by atoms with E-state index in [1.807, 2.05) is 6.20 Å². The summed E-state index contributed by atoms with van der Waals surface area (Å²) in [5.41, 5.74) is 1.30. The highest BCUT2D eigenvalue weighted by Gasteiger charge is 2.19. The third-order valence-electron chi connectivity index (χ3n) is 3.77. The molecule has 2 rings (SSSR count). The molecular weight excluding hydrogens is 266 g/mol. The number of nitrogens with zero attached hydrogens (tertiary/aromatic N) is 2. The first kappa shape index (κ1) is 16.2. The Balaban J connectivity index is 1.77. The Labute approximate surface area is 127 Å². The molecule has 5 nitrogen and oxygen atoms in total. The number of aliphatic hydroxyl groups is 1. The second-order valence-corrected chi connectivity index (χ2v) is 5.55. The maximum Gasteiger partial charge on any atom is 0.126 e. The highest BCUT2D eigenvalue weighted by molar-refractivity contribution is 5.37. The Morgan fingerprint density at radius 2 is 2.24 bits per heavy atom. The van der Waals surface area contributed by atoms with Gasteiger partial charge in [0.1, 0.15) is 5.82 Å². The standard InChI is InChI=1S/C16H27N3O2/c1-2-6-17-16-12-14(3-7-18-16)13-19-8-4-15(5-9-19)21-11-10-20/h3,7,12,15,20H,2,4-6,8-11,13H2,1H3,(H,17,18). The van der Waals surface area contributed by atoms with Gasteiger partial charge in [-0.3, -0.25) is 4.90 Å². The van der Waals surface area contributed by atoms with Crippen LogP contribution in [0.3, 0.4) is 0 Å². The van der Waals surface area contributed by atoms with Crippen LogP contribution in [0.25, 0.3) is 0 Å². The van der Waals surface area contributed by atoms with Crippen LogP contribution in [-0.4, -0.2) is 53.9 Å².